The maximum atomic E-state index is 11.9. The molecule has 90 valence electrons. The van der Waals surface area contributed by atoms with E-state index in [1.54, 1.807) is 24.3 Å². The summed E-state index contributed by atoms with van der Waals surface area (Å²) >= 11 is 3.37. The number of phenolic OH excluding ortho intramolecular Hbond substituents is 1. The molecular formula is C15H11BrO2. The Morgan fingerprint density at radius 1 is 1.11 bits per heavy atom. The number of para-hydroxylation sites is 1. The molecule has 18 heavy (non-hydrogen) atoms. The highest BCUT2D eigenvalue weighted by atomic mass is 79.9. The van der Waals surface area contributed by atoms with E-state index in [9.17, 15) is 9.90 Å². The van der Waals surface area contributed by atoms with Gasteiger partial charge in [0.05, 0.1) is 5.56 Å². The van der Waals surface area contributed by atoms with Crippen LogP contribution in [0.5, 0.6) is 5.75 Å². The number of aromatic hydroxyl groups is 1. The molecular weight excluding hydrogens is 292 g/mol. The van der Waals surface area contributed by atoms with Gasteiger partial charge in [-0.3, -0.25) is 4.79 Å². The van der Waals surface area contributed by atoms with E-state index < -0.39 is 0 Å². The molecule has 0 aliphatic heterocycles. The average Bonchev–Trinajstić information content (AvgIpc) is 2.37. The van der Waals surface area contributed by atoms with E-state index in [1.165, 1.54) is 12.1 Å². The van der Waals surface area contributed by atoms with Crippen LogP contribution in [-0.2, 0) is 0 Å². The quantitative estimate of drug-likeness (QED) is 0.686. The Bertz CT molecular complexity index is 603. The monoisotopic (exact) mass is 302 g/mol. The zero-order valence-corrected chi connectivity index (χ0v) is 11.1. The van der Waals surface area contributed by atoms with E-state index in [-0.39, 0.29) is 11.5 Å². The van der Waals surface area contributed by atoms with Crippen molar-refractivity contribution in [2.24, 2.45) is 0 Å². The summed E-state index contributed by atoms with van der Waals surface area (Å²) in [5, 5.41) is 9.56. The lowest BCUT2D eigenvalue weighted by Crippen LogP contribution is -1.94. The Kier molecular flexibility index (Phi) is 3.95. The lowest BCUT2D eigenvalue weighted by molar-refractivity contribution is 0.104. The topological polar surface area (TPSA) is 37.3 Å². The van der Waals surface area contributed by atoms with Crippen molar-refractivity contribution in [3.05, 3.63) is 70.2 Å². The van der Waals surface area contributed by atoms with Crippen molar-refractivity contribution < 1.29 is 9.90 Å². The smallest absolute Gasteiger partial charge is 0.189 e. The summed E-state index contributed by atoms with van der Waals surface area (Å²) in [4.78, 5) is 11.9. The second-order valence-electron chi connectivity index (χ2n) is 3.77. The van der Waals surface area contributed by atoms with Crippen molar-refractivity contribution in [1.29, 1.82) is 0 Å². The van der Waals surface area contributed by atoms with Crippen molar-refractivity contribution in [2.75, 3.05) is 0 Å². The fourth-order valence-corrected chi connectivity index (χ4v) is 1.97. The van der Waals surface area contributed by atoms with Gasteiger partial charge < -0.3 is 5.11 Å². The van der Waals surface area contributed by atoms with Gasteiger partial charge in [-0.1, -0.05) is 46.3 Å². The summed E-state index contributed by atoms with van der Waals surface area (Å²) < 4.78 is 0.958. The molecule has 0 saturated heterocycles. The summed E-state index contributed by atoms with van der Waals surface area (Å²) in [5.74, 6) is -0.213. The first kappa shape index (κ1) is 12.6. The molecule has 0 aromatic heterocycles. The predicted molar refractivity (Wildman–Crippen MR) is 75.6 cm³/mol. The zero-order chi connectivity index (χ0) is 13.0. The van der Waals surface area contributed by atoms with Gasteiger partial charge in [-0.2, -0.15) is 0 Å². The summed E-state index contributed by atoms with van der Waals surface area (Å²) in [6.07, 6.45) is 3.18. The third kappa shape index (κ3) is 3.08. The van der Waals surface area contributed by atoms with Crippen molar-refractivity contribution in [3.8, 4) is 5.75 Å². The van der Waals surface area contributed by atoms with Crippen LogP contribution in [0.3, 0.4) is 0 Å². The van der Waals surface area contributed by atoms with Crippen LogP contribution >= 0.6 is 15.9 Å². The average molecular weight is 303 g/mol. The van der Waals surface area contributed by atoms with Gasteiger partial charge in [0.15, 0.2) is 5.78 Å². The van der Waals surface area contributed by atoms with Crippen molar-refractivity contribution in [2.45, 2.75) is 0 Å². The highest BCUT2D eigenvalue weighted by molar-refractivity contribution is 9.10. The van der Waals surface area contributed by atoms with E-state index in [0.717, 1.165) is 10.0 Å². The molecule has 0 aliphatic carbocycles. The molecule has 0 bridgehead atoms. The molecule has 0 fully saturated rings. The molecule has 2 aromatic rings. The van der Waals surface area contributed by atoms with E-state index >= 15 is 0 Å². The molecule has 0 radical (unpaired) electrons. The third-order valence-electron chi connectivity index (χ3n) is 2.45. The highest BCUT2D eigenvalue weighted by Gasteiger charge is 2.06. The fraction of sp³-hybridized carbons (Fsp3) is 0. The van der Waals surface area contributed by atoms with Gasteiger partial charge in [-0.15, -0.1) is 0 Å². The van der Waals surface area contributed by atoms with Gasteiger partial charge in [-0.25, -0.2) is 0 Å². The van der Waals surface area contributed by atoms with Gasteiger partial charge in [0.25, 0.3) is 0 Å². The molecule has 0 spiro atoms. The number of hydrogen-bond donors (Lipinski definition) is 1. The van der Waals surface area contributed by atoms with E-state index in [2.05, 4.69) is 15.9 Å². The van der Waals surface area contributed by atoms with Gasteiger partial charge >= 0.3 is 0 Å². The van der Waals surface area contributed by atoms with Crippen LogP contribution in [0.1, 0.15) is 15.9 Å². The van der Waals surface area contributed by atoms with Crippen molar-refractivity contribution >= 4 is 27.8 Å². The number of rotatable bonds is 3. The standard InChI is InChI=1S/C15H11BrO2/c16-12-5-3-4-11(10-12)8-9-15(18)13-6-1-2-7-14(13)17/h1-10,17H/b9-8+. The number of phenols is 1. The number of benzene rings is 2. The molecule has 2 nitrogen and oxygen atoms in total. The zero-order valence-electron chi connectivity index (χ0n) is 9.51. The van der Waals surface area contributed by atoms with Crippen LogP contribution in [0.4, 0.5) is 0 Å². The first-order valence-electron chi connectivity index (χ1n) is 5.43. The predicted octanol–water partition coefficient (Wildman–Crippen LogP) is 4.05. The minimum atomic E-state index is -0.215. The SMILES string of the molecule is O=C(/C=C/c1cccc(Br)c1)c1ccccc1O. The number of allylic oxidation sites excluding steroid dienone is 1. The van der Waals surface area contributed by atoms with Crippen molar-refractivity contribution in [3.63, 3.8) is 0 Å². The van der Waals surface area contributed by atoms with Crippen LogP contribution in [0.25, 0.3) is 6.08 Å². The van der Waals surface area contributed by atoms with Crippen LogP contribution in [-0.4, -0.2) is 10.9 Å². The summed E-state index contributed by atoms with van der Waals surface area (Å²) in [6.45, 7) is 0. The Morgan fingerprint density at radius 3 is 2.61 bits per heavy atom. The third-order valence-corrected chi connectivity index (χ3v) is 2.94. The molecule has 0 unspecified atom stereocenters. The molecule has 0 aliphatic rings. The molecule has 2 aromatic carbocycles. The molecule has 3 heteroatoms. The maximum absolute atomic E-state index is 11.9. The van der Waals surface area contributed by atoms with Gasteiger partial charge in [0.2, 0.25) is 0 Å². The Labute approximate surface area is 114 Å². The first-order valence-corrected chi connectivity index (χ1v) is 6.22. The molecule has 0 atom stereocenters. The summed E-state index contributed by atoms with van der Waals surface area (Å²) in [6, 6.07) is 14.1. The van der Waals surface area contributed by atoms with E-state index in [1.807, 2.05) is 24.3 Å². The lowest BCUT2D eigenvalue weighted by Gasteiger charge is -1.99. The Balaban J connectivity index is 2.20. The molecule has 0 saturated carbocycles. The van der Waals surface area contributed by atoms with Crippen molar-refractivity contribution in [1.82, 2.24) is 0 Å². The number of ketones is 1. The summed E-state index contributed by atoms with van der Waals surface area (Å²) in [5.41, 5.74) is 1.23. The maximum Gasteiger partial charge on any atom is 0.189 e. The minimum absolute atomic E-state index is 0.00129. The van der Waals surface area contributed by atoms with Crippen LogP contribution in [0, 0.1) is 0 Å². The number of carbonyl (C=O) groups excluding carboxylic acids is 1. The fourth-order valence-electron chi connectivity index (χ4n) is 1.55. The van der Waals surface area contributed by atoms with Crippen LogP contribution < -0.4 is 0 Å². The van der Waals surface area contributed by atoms with Crippen LogP contribution in [0.2, 0.25) is 0 Å². The van der Waals surface area contributed by atoms with Gasteiger partial charge in [-0.05, 0) is 35.9 Å². The molecule has 2 rings (SSSR count). The molecule has 1 N–H and O–H groups in total. The lowest BCUT2D eigenvalue weighted by atomic mass is 10.1. The molecule has 0 heterocycles. The summed E-state index contributed by atoms with van der Waals surface area (Å²) in [7, 11) is 0. The van der Waals surface area contributed by atoms with Crippen LogP contribution in [0.15, 0.2) is 59.1 Å². The largest absolute Gasteiger partial charge is 0.507 e. The minimum Gasteiger partial charge on any atom is -0.507 e. The van der Waals surface area contributed by atoms with E-state index in [4.69, 9.17) is 0 Å². The highest BCUT2D eigenvalue weighted by Crippen LogP contribution is 2.18. The number of halogens is 1. The second-order valence-corrected chi connectivity index (χ2v) is 4.69. The normalized spacial score (nSPS) is 10.7. The molecule has 0 amide bonds. The number of carbonyl (C=O) groups is 1. The Morgan fingerprint density at radius 2 is 1.89 bits per heavy atom. The van der Waals surface area contributed by atoms with E-state index in [0.29, 0.717) is 5.56 Å². The second kappa shape index (κ2) is 5.65. The van der Waals surface area contributed by atoms with Gasteiger partial charge in [0, 0.05) is 4.47 Å². The van der Waals surface area contributed by atoms with Gasteiger partial charge in [0.1, 0.15) is 5.75 Å². The Hall–Kier alpha value is -1.87. The first-order chi connectivity index (χ1) is 8.66. The number of hydrogen-bond acceptors (Lipinski definition) is 2.